The average Bonchev–Trinajstić information content (AvgIpc) is 1.60. The molecule has 0 heterocycles. The van der Waals surface area contributed by atoms with Crippen LogP contribution in [0.1, 0.15) is 23.1 Å². The van der Waals surface area contributed by atoms with Crippen molar-refractivity contribution < 1.29 is 23.0 Å². The Bertz CT molecular complexity index is 141. The topological polar surface area (TPSA) is 77.8 Å². The van der Waals surface area contributed by atoms with Gasteiger partial charge in [0.25, 0.3) is 0 Å². The standard InChI is InChI=1S/C6H12O4.Ca.2H/c1-4(7)3-6(2,10)5(8)9;;;/h4,7,10H,3H2,1-2H3,(H,8,9);;;/q;+2;2*-1. The van der Waals surface area contributed by atoms with Crippen LogP contribution in [0.25, 0.3) is 0 Å². The monoisotopic (exact) mass is 190 g/mol. The molecule has 2 unspecified atom stereocenters. The van der Waals surface area contributed by atoms with Crippen LogP contribution in [0.3, 0.4) is 0 Å². The maximum atomic E-state index is 10.2. The Balaban J connectivity index is -0.000000135. The minimum atomic E-state index is -1.81. The van der Waals surface area contributed by atoms with Gasteiger partial charge in [0, 0.05) is 6.42 Å². The van der Waals surface area contributed by atoms with E-state index in [1.165, 1.54) is 6.92 Å². The normalized spacial score (nSPS) is 17.8. The molecule has 0 aliphatic rings. The number of aliphatic carboxylic acids is 1. The first-order chi connectivity index (χ1) is 4.36. The number of rotatable bonds is 3. The van der Waals surface area contributed by atoms with Gasteiger partial charge in [-0.25, -0.2) is 4.79 Å². The van der Waals surface area contributed by atoms with Crippen LogP contribution in [0.15, 0.2) is 0 Å². The Kier molecular flexibility index (Phi) is 6.87. The van der Waals surface area contributed by atoms with Gasteiger partial charge in [-0.15, -0.1) is 0 Å². The van der Waals surface area contributed by atoms with Crippen LogP contribution < -0.4 is 0 Å². The van der Waals surface area contributed by atoms with Crippen LogP contribution in [0.2, 0.25) is 0 Å². The molecule has 3 N–H and O–H groups in total. The quantitative estimate of drug-likeness (QED) is 0.521. The van der Waals surface area contributed by atoms with E-state index in [1.807, 2.05) is 0 Å². The summed E-state index contributed by atoms with van der Waals surface area (Å²) in [7, 11) is 0. The minimum Gasteiger partial charge on any atom is -1.00 e. The number of aliphatic hydroxyl groups excluding tert-OH is 1. The SMILES string of the molecule is CC(O)CC(C)(O)C(=O)O.[Ca+2].[H-].[H-]. The van der Waals surface area contributed by atoms with Gasteiger partial charge < -0.3 is 18.2 Å². The Hall–Kier alpha value is 0.650. The molecule has 11 heavy (non-hydrogen) atoms. The van der Waals surface area contributed by atoms with Crippen molar-refractivity contribution >= 4 is 43.7 Å². The van der Waals surface area contributed by atoms with Gasteiger partial charge in [0.15, 0.2) is 5.60 Å². The summed E-state index contributed by atoms with van der Waals surface area (Å²) in [5.41, 5.74) is -1.81. The second-order valence-electron chi connectivity index (χ2n) is 2.63. The van der Waals surface area contributed by atoms with Gasteiger partial charge in [-0.1, -0.05) is 0 Å². The zero-order valence-corrected chi connectivity index (χ0v) is 8.95. The van der Waals surface area contributed by atoms with E-state index in [0.717, 1.165) is 6.92 Å². The summed E-state index contributed by atoms with van der Waals surface area (Å²) < 4.78 is 0. The first-order valence-electron chi connectivity index (χ1n) is 3.00. The van der Waals surface area contributed by atoms with Crippen molar-refractivity contribution in [2.75, 3.05) is 0 Å². The van der Waals surface area contributed by atoms with Gasteiger partial charge in [-0.2, -0.15) is 0 Å². The van der Waals surface area contributed by atoms with E-state index < -0.39 is 17.7 Å². The third kappa shape index (κ3) is 5.87. The molecule has 0 aliphatic carbocycles. The smallest absolute Gasteiger partial charge is 1.00 e. The summed E-state index contributed by atoms with van der Waals surface area (Å²) in [6, 6.07) is 0. The van der Waals surface area contributed by atoms with Crippen LogP contribution >= 0.6 is 0 Å². The van der Waals surface area contributed by atoms with Gasteiger partial charge in [0.2, 0.25) is 0 Å². The fourth-order valence-corrected chi connectivity index (χ4v) is 0.663. The largest absolute Gasteiger partial charge is 2.00 e. The summed E-state index contributed by atoms with van der Waals surface area (Å²) in [6.45, 7) is 2.58. The zero-order valence-electron chi connectivity index (χ0n) is 8.74. The maximum absolute atomic E-state index is 10.2. The van der Waals surface area contributed by atoms with Crippen molar-refractivity contribution in [1.29, 1.82) is 0 Å². The number of carbonyl (C=O) groups is 1. The predicted molar refractivity (Wildman–Crippen MR) is 42.5 cm³/mol. The van der Waals surface area contributed by atoms with Crippen molar-refractivity contribution in [2.24, 2.45) is 0 Å². The fraction of sp³-hybridized carbons (Fsp3) is 0.833. The summed E-state index contributed by atoms with van der Waals surface area (Å²) in [5, 5.41) is 26.0. The third-order valence-electron chi connectivity index (χ3n) is 1.15. The van der Waals surface area contributed by atoms with Gasteiger partial charge in [0.05, 0.1) is 6.10 Å². The van der Waals surface area contributed by atoms with Crippen molar-refractivity contribution in [1.82, 2.24) is 0 Å². The molecule has 0 saturated heterocycles. The molecule has 0 bridgehead atoms. The molecule has 0 aromatic rings. The summed E-state index contributed by atoms with van der Waals surface area (Å²) in [4.78, 5) is 10.2. The van der Waals surface area contributed by atoms with E-state index in [-0.39, 0.29) is 47.0 Å². The molecular weight excluding hydrogens is 176 g/mol. The van der Waals surface area contributed by atoms with Gasteiger partial charge in [-0.3, -0.25) is 0 Å². The molecule has 0 saturated carbocycles. The maximum Gasteiger partial charge on any atom is 2.00 e. The van der Waals surface area contributed by atoms with Gasteiger partial charge >= 0.3 is 43.7 Å². The second-order valence-corrected chi connectivity index (χ2v) is 2.63. The van der Waals surface area contributed by atoms with E-state index in [9.17, 15) is 4.79 Å². The summed E-state index contributed by atoms with van der Waals surface area (Å²) in [6.07, 6.45) is -0.950. The second kappa shape index (κ2) is 5.32. The Morgan fingerprint density at radius 3 is 2.18 bits per heavy atom. The number of hydrogen-bond donors (Lipinski definition) is 3. The van der Waals surface area contributed by atoms with Gasteiger partial charge in [0.1, 0.15) is 0 Å². The molecule has 0 rings (SSSR count). The van der Waals surface area contributed by atoms with Crippen LogP contribution in [-0.4, -0.2) is 70.7 Å². The van der Waals surface area contributed by atoms with Crippen molar-refractivity contribution in [2.45, 2.75) is 32.0 Å². The fourth-order valence-electron chi connectivity index (χ4n) is 0.663. The van der Waals surface area contributed by atoms with E-state index in [2.05, 4.69) is 0 Å². The minimum absolute atomic E-state index is 0. The van der Waals surface area contributed by atoms with Crippen LogP contribution in [-0.2, 0) is 4.79 Å². The van der Waals surface area contributed by atoms with Crippen molar-refractivity contribution in [3.63, 3.8) is 0 Å². The first-order valence-corrected chi connectivity index (χ1v) is 3.00. The molecule has 4 nitrogen and oxygen atoms in total. The molecule has 0 aliphatic heterocycles. The molecule has 0 fully saturated rings. The molecule has 64 valence electrons. The van der Waals surface area contributed by atoms with Crippen LogP contribution in [0, 0.1) is 0 Å². The zero-order chi connectivity index (χ0) is 8.36. The molecule has 2 atom stereocenters. The number of aliphatic hydroxyl groups is 2. The molecule has 0 aromatic heterocycles. The molecule has 0 radical (unpaired) electrons. The molecule has 0 aromatic carbocycles. The third-order valence-corrected chi connectivity index (χ3v) is 1.15. The number of carboxylic acid groups (broad SMARTS) is 1. The summed E-state index contributed by atoms with van der Waals surface area (Å²) >= 11 is 0. The number of carboxylic acids is 1. The van der Waals surface area contributed by atoms with Crippen molar-refractivity contribution in [3.05, 3.63) is 0 Å². The molecule has 5 heteroatoms. The molecule has 0 amide bonds. The van der Waals surface area contributed by atoms with E-state index in [0.29, 0.717) is 0 Å². The Morgan fingerprint density at radius 1 is 1.73 bits per heavy atom. The molecule has 0 spiro atoms. The van der Waals surface area contributed by atoms with E-state index >= 15 is 0 Å². The summed E-state index contributed by atoms with van der Waals surface area (Å²) in [5.74, 6) is -1.31. The Labute approximate surface area is 98.2 Å². The predicted octanol–water partition coefficient (Wildman–Crippen LogP) is -0.563. The van der Waals surface area contributed by atoms with E-state index in [1.54, 1.807) is 0 Å². The number of hydrogen-bond acceptors (Lipinski definition) is 3. The van der Waals surface area contributed by atoms with E-state index in [4.69, 9.17) is 15.3 Å². The van der Waals surface area contributed by atoms with Crippen LogP contribution in [0.5, 0.6) is 0 Å². The van der Waals surface area contributed by atoms with Crippen LogP contribution in [0.4, 0.5) is 0 Å². The van der Waals surface area contributed by atoms with Gasteiger partial charge in [-0.05, 0) is 13.8 Å². The Morgan fingerprint density at radius 2 is 2.09 bits per heavy atom. The van der Waals surface area contributed by atoms with Crippen molar-refractivity contribution in [3.8, 4) is 0 Å². The molecular formula is C6H14CaO4. The first kappa shape index (κ1) is 14.2. The average molecular weight is 190 g/mol.